The molecule has 1 aromatic heterocycles. The monoisotopic (exact) mass is 385 g/mol. The summed E-state index contributed by atoms with van der Waals surface area (Å²) in [6.45, 7) is 1.57. The molecule has 2 rings (SSSR count). The molecule has 0 spiro atoms. The molecule has 8 heteroatoms. The number of pyridine rings is 1. The van der Waals surface area contributed by atoms with Crippen molar-refractivity contribution in [2.24, 2.45) is 0 Å². The molecule has 118 valence electrons. The van der Waals surface area contributed by atoms with Crippen LogP contribution in [0.4, 0.5) is 11.5 Å². The van der Waals surface area contributed by atoms with Gasteiger partial charge in [-0.15, -0.1) is 0 Å². The van der Waals surface area contributed by atoms with E-state index in [0.29, 0.717) is 28.4 Å². The lowest BCUT2D eigenvalue weighted by molar-refractivity contribution is 0.415. The van der Waals surface area contributed by atoms with Gasteiger partial charge in [-0.2, -0.15) is 0 Å². The Morgan fingerprint density at radius 1 is 1.32 bits per heavy atom. The minimum absolute atomic E-state index is 0.0138. The van der Waals surface area contributed by atoms with Gasteiger partial charge in [0.25, 0.3) is 0 Å². The molecule has 0 bridgehead atoms. The highest BCUT2D eigenvalue weighted by Gasteiger charge is 2.12. The van der Waals surface area contributed by atoms with Crippen molar-refractivity contribution in [1.82, 2.24) is 4.98 Å². The second-order valence-electron chi connectivity index (χ2n) is 4.54. The van der Waals surface area contributed by atoms with Crippen LogP contribution >= 0.6 is 15.9 Å². The van der Waals surface area contributed by atoms with E-state index in [4.69, 9.17) is 10.5 Å². The van der Waals surface area contributed by atoms with Crippen LogP contribution in [-0.2, 0) is 10.0 Å². The number of ether oxygens (including phenoxy) is 1. The average molecular weight is 386 g/mol. The summed E-state index contributed by atoms with van der Waals surface area (Å²) in [5.41, 5.74) is 7.71. The molecule has 3 N–H and O–H groups in total. The molecule has 22 heavy (non-hydrogen) atoms. The average Bonchev–Trinajstić information content (AvgIpc) is 2.48. The van der Waals surface area contributed by atoms with Crippen LogP contribution in [-0.4, -0.2) is 26.3 Å². The largest absolute Gasteiger partial charge is 0.497 e. The Bertz CT molecular complexity index is 794. The standard InChI is InChI=1S/C14H16BrN3O3S/c1-3-22(19,20)18-11-4-9(5-12(7-11)21-2)13-6-10(15)8-17-14(13)16/h4-8,18H,3H2,1-2H3,(H2,16,17). The van der Waals surface area contributed by atoms with E-state index in [1.165, 1.54) is 7.11 Å². The number of hydrogen-bond donors (Lipinski definition) is 2. The predicted octanol–water partition coefficient (Wildman–Crippen LogP) is 2.86. The molecule has 0 aliphatic heterocycles. The lowest BCUT2D eigenvalue weighted by atomic mass is 10.1. The smallest absolute Gasteiger partial charge is 0.232 e. The number of rotatable bonds is 5. The molecular formula is C14H16BrN3O3S. The fourth-order valence-corrected chi connectivity index (χ4v) is 2.82. The highest BCUT2D eigenvalue weighted by Crippen LogP contribution is 2.33. The van der Waals surface area contributed by atoms with E-state index in [1.807, 2.05) is 6.07 Å². The number of nitrogens with zero attached hydrogens (tertiary/aromatic N) is 1. The number of aromatic nitrogens is 1. The Kier molecular flexibility index (Phi) is 4.92. The van der Waals surface area contributed by atoms with E-state index in [-0.39, 0.29) is 5.75 Å². The van der Waals surface area contributed by atoms with E-state index in [0.717, 1.165) is 4.47 Å². The Morgan fingerprint density at radius 3 is 2.68 bits per heavy atom. The molecule has 0 fully saturated rings. The number of anilines is 2. The summed E-state index contributed by atoms with van der Waals surface area (Å²) in [7, 11) is -1.86. The summed E-state index contributed by atoms with van der Waals surface area (Å²) in [5.74, 6) is 0.853. The SMILES string of the molecule is CCS(=O)(=O)Nc1cc(OC)cc(-c2cc(Br)cnc2N)c1. The van der Waals surface area contributed by atoms with Gasteiger partial charge in [-0.1, -0.05) is 0 Å². The summed E-state index contributed by atoms with van der Waals surface area (Å²) < 4.78 is 32.0. The van der Waals surface area contributed by atoms with Crippen molar-refractivity contribution >= 4 is 37.5 Å². The van der Waals surface area contributed by atoms with Gasteiger partial charge in [-0.3, -0.25) is 4.72 Å². The first-order valence-corrected chi connectivity index (χ1v) is 8.90. The molecule has 2 aromatic rings. The van der Waals surface area contributed by atoms with Crippen LogP contribution in [0.1, 0.15) is 6.92 Å². The Morgan fingerprint density at radius 2 is 2.05 bits per heavy atom. The molecule has 0 amide bonds. The Balaban J connectivity index is 2.55. The maximum Gasteiger partial charge on any atom is 0.232 e. The van der Waals surface area contributed by atoms with Crippen LogP contribution in [0.2, 0.25) is 0 Å². The highest BCUT2D eigenvalue weighted by molar-refractivity contribution is 9.10. The number of nitrogen functional groups attached to an aromatic ring is 1. The zero-order chi connectivity index (χ0) is 16.3. The fraction of sp³-hybridized carbons (Fsp3) is 0.214. The third kappa shape index (κ3) is 3.89. The lowest BCUT2D eigenvalue weighted by Crippen LogP contribution is -2.14. The number of nitrogens with one attached hydrogen (secondary N) is 1. The first-order valence-electron chi connectivity index (χ1n) is 6.45. The van der Waals surface area contributed by atoms with Gasteiger partial charge in [0, 0.05) is 22.3 Å². The van der Waals surface area contributed by atoms with E-state index >= 15 is 0 Å². The number of sulfonamides is 1. The van der Waals surface area contributed by atoms with Crippen LogP contribution in [0.15, 0.2) is 34.9 Å². The Hall–Kier alpha value is -1.80. The summed E-state index contributed by atoms with van der Waals surface area (Å²) in [6, 6.07) is 6.88. The van der Waals surface area contributed by atoms with Crippen LogP contribution in [0, 0.1) is 0 Å². The van der Waals surface area contributed by atoms with E-state index in [9.17, 15) is 8.42 Å². The molecule has 0 saturated carbocycles. The van der Waals surface area contributed by atoms with Crippen molar-refractivity contribution in [3.8, 4) is 16.9 Å². The second-order valence-corrected chi connectivity index (χ2v) is 7.47. The molecule has 0 radical (unpaired) electrons. The van der Waals surface area contributed by atoms with Crippen molar-refractivity contribution < 1.29 is 13.2 Å². The molecule has 0 unspecified atom stereocenters. The third-order valence-electron chi connectivity index (χ3n) is 2.99. The maximum atomic E-state index is 11.7. The van der Waals surface area contributed by atoms with Crippen LogP contribution in [0.5, 0.6) is 5.75 Å². The summed E-state index contributed by atoms with van der Waals surface area (Å²) in [5, 5.41) is 0. The third-order valence-corrected chi connectivity index (χ3v) is 4.73. The van der Waals surface area contributed by atoms with Crippen LogP contribution < -0.4 is 15.2 Å². The molecule has 1 aromatic carbocycles. The molecule has 0 saturated heterocycles. The predicted molar refractivity (Wildman–Crippen MR) is 91.4 cm³/mol. The van der Waals surface area contributed by atoms with Gasteiger partial charge in [0.05, 0.1) is 18.6 Å². The first kappa shape index (κ1) is 16.6. The van der Waals surface area contributed by atoms with E-state index in [1.54, 1.807) is 31.3 Å². The van der Waals surface area contributed by atoms with Crippen LogP contribution in [0.3, 0.4) is 0 Å². The van der Waals surface area contributed by atoms with E-state index in [2.05, 4.69) is 25.6 Å². The quantitative estimate of drug-likeness (QED) is 0.824. The van der Waals surface area contributed by atoms with Gasteiger partial charge in [0.2, 0.25) is 10.0 Å². The first-order chi connectivity index (χ1) is 10.3. The van der Waals surface area contributed by atoms with Crippen molar-refractivity contribution in [3.63, 3.8) is 0 Å². The normalized spacial score (nSPS) is 11.2. The van der Waals surface area contributed by atoms with Crippen LogP contribution in [0.25, 0.3) is 11.1 Å². The summed E-state index contributed by atoms with van der Waals surface area (Å²) in [6.07, 6.45) is 1.60. The lowest BCUT2D eigenvalue weighted by Gasteiger charge is -2.12. The number of hydrogen-bond acceptors (Lipinski definition) is 5. The van der Waals surface area contributed by atoms with Crippen molar-refractivity contribution in [3.05, 3.63) is 34.9 Å². The van der Waals surface area contributed by atoms with Crippen molar-refractivity contribution in [1.29, 1.82) is 0 Å². The highest BCUT2D eigenvalue weighted by atomic mass is 79.9. The molecule has 0 atom stereocenters. The fourth-order valence-electron chi connectivity index (χ4n) is 1.86. The maximum absolute atomic E-state index is 11.7. The summed E-state index contributed by atoms with van der Waals surface area (Å²) >= 11 is 3.35. The molecule has 0 aliphatic carbocycles. The minimum atomic E-state index is -3.38. The molecule has 6 nitrogen and oxygen atoms in total. The number of benzene rings is 1. The van der Waals surface area contributed by atoms with Gasteiger partial charge in [0.1, 0.15) is 11.6 Å². The van der Waals surface area contributed by atoms with Gasteiger partial charge < -0.3 is 10.5 Å². The van der Waals surface area contributed by atoms with Gasteiger partial charge in [0.15, 0.2) is 0 Å². The minimum Gasteiger partial charge on any atom is -0.497 e. The van der Waals surface area contributed by atoms with Gasteiger partial charge in [-0.05, 0) is 46.6 Å². The number of methoxy groups -OCH3 is 1. The second kappa shape index (κ2) is 6.53. The Labute approximate surface area is 137 Å². The topological polar surface area (TPSA) is 94.3 Å². The number of halogens is 1. The zero-order valence-electron chi connectivity index (χ0n) is 12.1. The van der Waals surface area contributed by atoms with Crippen molar-refractivity contribution in [2.75, 3.05) is 23.3 Å². The van der Waals surface area contributed by atoms with Gasteiger partial charge >= 0.3 is 0 Å². The van der Waals surface area contributed by atoms with Crippen molar-refractivity contribution in [2.45, 2.75) is 6.92 Å². The summed E-state index contributed by atoms with van der Waals surface area (Å²) in [4.78, 5) is 4.08. The molecule has 0 aliphatic rings. The van der Waals surface area contributed by atoms with Gasteiger partial charge in [-0.25, -0.2) is 13.4 Å². The zero-order valence-corrected chi connectivity index (χ0v) is 14.5. The number of nitrogens with two attached hydrogens (primary N) is 1. The molecule has 1 heterocycles. The molecular weight excluding hydrogens is 370 g/mol. The van der Waals surface area contributed by atoms with E-state index < -0.39 is 10.0 Å².